The van der Waals surface area contributed by atoms with Gasteiger partial charge in [-0.05, 0) is 50.9 Å². The molecule has 0 spiro atoms. The molecule has 0 aromatic rings. The minimum atomic E-state index is -0.0574. The number of hydrogen-bond donors (Lipinski definition) is 1. The highest BCUT2D eigenvalue weighted by molar-refractivity contribution is 5.74. The molecule has 5 nitrogen and oxygen atoms in total. The average molecular weight is 310 g/mol. The first-order chi connectivity index (χ1) is 10.7. The minimum absolute atomic E-state index is 0.0574. The van der Waals surface area contributed by atoms with Crippen molar-refractivity contribution >= 4 is 12.0 Å². The molecule has 1 saturated heterocycles. The van der Waals surface area contributed by atoms with E-state index in [0.717, 1.165) is 64.5 Å². The number of carbonyl (C=O) groups excluding carboxylic acids is 2. The van der Waals surface area contributed by atoms with E-state index in [4.69, 9.17) is 4.74 Å². The van der Waals surface area contributed by atoms with E-state index in [2.05, 4.69) is 12.2 Å². The molecule has 1 aliphatic heterocycles. The van der Waals surface area contributed by atoms with E-state index in [1.165, 1.54) is 0 Å². The highest BCUT2D eigenvalue weighted by atomic mass is 16.5. The molecule has 2 rings (SSSR count). The molecule has 1 aliphatic carbocycles. The average Bonchev–Trinajstić information content (AvgIpc) is 3.04. The van der Waals surface area contributed by atoms with Gasteiger partial charge in [0, 0.05) is 25.6 Å². The van der Waals surface area contributed by atoms with Crippen LogP contribution in [0.3, 0.4) is 0 Å². The van der Waals surface area contributed by atoms with Crippen molar-refractivity contribution < 1.29 is 14.3 Å². The first-order valence-corrected chi connectivity index (χ1v) is 8.90. The summed E-state index contributed by atoms with van der Waals surface area (Å²) in [6.45, 7) is 4.43. The van der Waals surface area contributed by atoms with E-state index >= 15 is 0 Å². The molecule has 0 bridgehead atoms. The van der Waals surface area contributed by atoms with E-state index in [1.54, 1.807) is 0 Å². The molecule has 0 aromatic heterocycles. The first-order valence-electron chi connectivity index (χ1n) is 8.90. The van der Waals surface area contributed by atoms with Crippen LogP contribution in [-0.4, -0.2) is 42.6 Å². The largest absolute Gasteiger partial charge is 0.466 e. The monoisotopic (exact) mass is 310 g/mol. The molecule has 126 valence electrons. The number of amides is 2. The summed E-state index contributed by atoms with van der Waals surface area (Å²) in [5.74, 6) is 0.368. The van der Waals surface area contributed by atoms with E-state index in [9.17, 15) is 9.59 Å². The van der Waals surface area contributed by atoms with Gasteiger partial charge in [-0.2, -0.15) is 0 Å². The number of ether oxygens (including phenoxy) is 1. The molecule has 2 fully saturated rings. The van der Waals surface area contributed by atoms with Crippen molar-refractivity contribution in [2.75, 3.05) is 19.7 Å². The number of hydrogen-bond acceptors (Lipinski definition) is 3. The Bertz CT molecular complexity index is 359. The van der Waals surface area contributed by atoms with Crippen molar-refractivity contribution in [2.24, 2.45) is 5.92 Å². The molecule has 0 unspecified atom stereocenters. The molecule has 1 N–H and O–H groups in total. The van der Waals surface area contributed by atoms with Crippen LogP contribution in [-0.2, 0) is 9.53 Å². The van der Waals surface area contributed by atoms with Gasteiger partial charge in [0.05, 0.1) is 6.61 Å². The first kappa shape index (κ1) is 17.1. The predicted octanol–water partition coefficient (Wildman–Crippen LogP) is 3.08. The maximum Gasteiger partial charge on any atom is 0.317 e. The van der Waals surface area contributed by atoms with Crippen LogP contribution >= 0.6 is 0 Å². The van der Waals surface area contributed by atoms with Crippen molar-refractivity contribution in [1.82, 2.24) is 10.2 Å². The number of unbranched alkanes of at least 4 members (excludes halogenated alkanes) is 1. The van der Waals surface area contributed by atoms with Crippen molar-refractivity contribution in [3.05, 3.63) is 0 Å². The van der Waals surface area contributed by atoms with Gasteiger partial charge in [0.25, 0.3) is 0 Å². The summed E-state index contributed by atoms with van der Waals surface area (Å²) in [7, 11) is 0. The van der Waals surface area contributed by atoms with Gasteiger partial charge >= 0.3 is 12.0 Å². The molecule has 0 radical (unpaired) electrons. The summed E-state index contributed by atoms with van der Waals surface area (Å²) >= 11 is 0. The number of urea groups is 1. The van der Waals surface area contributed by atoms with Crippen molar-refractivity contribution in [3.8, 4) is 0 Å². The molecule has 0 atom stereocenters. The van der Waals surface area contributed by atoms with Crippen LogP contribution in [0.2, 0.25) is 0 Å². The van der Waals surface area contributed by atoms with E-state index < -0.39 is 0 Å². The smallest absolute Gasteiger partial charge is 0.317 e. The molecule has 2 aliphatic rings. The third-order valence-electron chi connectivity index (χ3n) is 4.78. The number of likely N-dealkylation sites (tertiary alicyclic amines) is 1. The van der Waals surface area contributed by atoms with Gasteiger partial charge in [0.2, 0.25) is 0 Å². The summed E-state index contributed by atoms with van der Waals surface area (Å²) in [5.41, 5.74) is 0. The van der Waals surface area contributed by atoms with Crippen LogP contribution < -0.4 is 5.32 Å². The lowest BCUT2D eigenvalue weighted by atomic mass is 9.84. The zero-order valence-corrected chi connectivity index (χ0v) is 13.8. The van der Waals surface area contributed by atoms with Gasteiger partial charge in [-0.25, -0.2) is 4.79 Å². The molecule has 0 aromatic carbocycles. The maximum atomic E-state index is 12.1. The SMILES string of the molecule is CCCCOC(=O)CC1CCC(NC(=O)N2CCCC2)CC1. The number of nitrogens with one attached hydrogen (secondary N) is 1. The normalized spacial score (nSPS) is 25.0. The third-order valence-corrected chi connectivity index (χ3v) is 4.78. The molecule has 22 heavy (non-hydrogen) atoms. The van der Waals surface area contributed by atoms with Crippen LogP contribution in [0.5, 0.6) is 0 Å². The Kier molecular flexibility index (Phi) is 7.00. The maximum absolute atomic E-state index is 12.1. The lowest BCUT2D eigenvalue weighted by Crippen LogP contribution is -2.45. The summed E-state index contributed by atoms with van der Waals surface area (Å²) in [6.07, 6.45) is 8.76. The Morgan fingerprint density at radius 2 is 1.82 bits per heavy atom. The van der Waals surface area contributed by atoms with Gasteiger partial charge in [-0.15, -0.1) is 0 Å². The summed E-state index contributed by atoms with van der Waals surface area (Å²) in [4.78, 5) is 25.7. The Hall–Kier alpha value is -1.26. The number of carbonyl (C=O) groups is 2. The fraction of sp³-hybridized carbons (Fsp3) is 0.882. The fourth-order valence-electron chi connectivity index (χ4n) is 3.32. The van der Waals surface area contributed by atoms with E-state index in [1.807, 2.05) is 4.90 Å². The molecule has 1 heterocycles. The summed E-state index contributed by atoms with van der Waals surface area (Å²) < 4.78 is 5.23. The third kappa shape index (κ3) is 5.50. The number of esters is 1. The Labute approximate surface area is 133 Å². The molecule has 2 amide bonds. The standard InChI is InChI=1S/C17H30N2O3/c1-2-3-12-22-16(20)13-14-6-8-15(9-7-14)18-17(21)19-10-4-5-11-19/h14-15H,2-13H2,1H3,(H,18,21). The predicted molar refractivity (Wildman–Crippen MR) is 85.6 cm³/mol. The van der Waals surface area contributed by atoms with Gasteiger partial charge in [-0.3, -0.25) is 4.79 Å². The second-order valence-corrected chi connectivity index (χ2v) is 6.64. The van der Waals surface area contributed by atoms with Crippen LogP contribution in [0.25, 0.3) is 0 Å². The molecular formula is C17H30N2O3. The Morgan fingerprint density at radius 1 is 1.14 bits per heavy atom. The van der Waals surface area contributed by atoms with Crippen LogP contribution in [0.1, 0.15) is 64.7 Å². The zero-order valence-electron chi connectivity index (χ0n) is 13.8. The fourth-order valence-corrected chi connectivity index (χ4v) is 3.32. The molecule has 1 saturated carbocycles. The van der Waals surface area contributed by atoms with E-state index in [0.29, 0.717) is 18.9 Å². The Balaban J connectivity index is 1.60. The van der Waals surface area contributed by atoms with Crippen molar-refractivity contribution in [1.29, 1.82) is 0 Å². The van der Waals surface area contributed by atoms with Gasteiger partial charge in [-0.1, -0.05) is 13.3 Å². The van der Waals surface area contributed by atoms with Crippen molar-refractivity contribution in [3.63, 3.8) is 0 Å². The molecular weight excluding hydrogens is 280 g/mol. The second kappa shape index (κ2) is 9.01. The van der Waals surface area contributed by atoms with Gasteiger partial charge < -0.3 is 15.0 Å². The lowest BCUT2D eigenvalue weighted by molar-refractivity contribution is -0.145. The quantitative estimate of drug-likeness (QED) is 0.606. The van der Waals surface area contributed by atoms with Gasteiger partial charge in [0.1, 0.15) is 0 Å². The van der Waals surface area contributed by atoms with Crippen molar-refractivity contribution in [2.45, 2.75) is 70.8 Å². The summed E-state index contributed by atoms with van der Waals surface area (Å²) in [5, 5.41) is 3.15. The lowest BCUT2D eigenvalue weighted by Gasteiger charge is -2.30. The summed E-state index contributed by atoms with van der Waals surface area (Å²) in [6, 6.07) is 0.375. The minimum Gasteiger partial charge on any atom is -0.466 e. The highest BCUT2D eigenvalue weighted by Gasteiger charge is 2.26. The van der Waals surface area contributed by atoms with E-state index in [-0.39, 0.29) is 18.0 Å². The number of nitrogens with zero attached hydrogens (tertiary/aromatic N) is 1. The van der Waals surface area contributed by atoms with Gasteiger partial charge in [0.15, 0.2) is 0 Å². The van der Waals surface area contributed by atoms with Crippen LogP contribution in [0.15, 0.2) is 0 Å². The highest BCUT2D eigenvalue weighted by Crippen LogP contribution is 2.27. The second-order valence-electron chi connectivity index (χ2n) is 6.64. The number of rotatable bonds is 6. The van der Waals surface area contributed by atoms with Crippen LogP contribution in [0.4, 0.5) is 4.79 Å². The zero-order chi connectivity index (χ0) is 15.8. The Morgan fingerprint density at radius 3 is 2.45 bits per heavy atom. The van der Waals surface area contributed by atoms with Crippen LogP contribution in [0, 0.1) is 5.92 Å². The molecule has 5 heteroatoms. The topological polar surface area (TPSA) is 58.6 Å².